The molecular weight excluding hydrogens is 458 g/mol. The molecule has 6 nitrogen and oxygen atoms in total. The standard InChI is InChI=1S/C22H23ClF2N4O2S/c23-13-4-2-12(3-5-13)16-14-8-29(9-15(14)16)20-26-18-17(32(31)11-22(18,24)25)19(27-20)28-21(10-30)6-1-7-21/h2-5,14-16,30H,1,6-11H2,(H,26,27,28)/t14?,15?,16?,32-/m1/s1. The maximum atomic E-state index is 14.7. The zero-order chi connectivity index (χ0) is 22.3. The molecule has 6 rings (SSSR count). The SMILES string of the molecule is O=[S@@]1CC(F)(F)c2nc(N3CC4C(C3)C4c3ccc(Cl)cc3)nc(NC3(CO)CCC3)c21. The van der Waals surface area contributed by atoms with Crippen molar-refractivity contribution < 1.29 is 18.1 Å². The van der Waals surface area contributed by atoms with Gasteiger partial charge in [-0.2, -0.15) is 13.8 Å². The Morgan fingerprint density at radius 3 is 2.47 bits per heavy atom. The Balaban J connectivity index is 1.29. The molecule has 32 heavy (non-hydrogen) atoms. The van der Waals surface area contributed by atoms with E-state index < -0.39 is 33.7 Å². The highest BCUT2D eigenvalue weighted by molar-refractivity contribution is 7.85. The number of fused-ring (bicyclic) bond motifs is 2. The highest BCUT2D eigenvalue weighted by atomic mass is 35.5. The van der Waals surface area contributed by atoms with Crippen LogP contribution in [0.4, 0.5) is 20.5 Å². The minimum Gasteiger partial charge on any atom is -0.394 e. The van der Waals surface area contributed by atoms with Crippen molar-refractivity contribution in [3.63, 3.8) is 0 Å². The number of nitrogens with one attached hydrogen (secondary N) is 1. The van der Waals surface area contributed by atoms with Crippen molar-refractivity contribution in [3.05, 3.63) is 40.5 Å². The molecule has 2 aromatic rings. The van der Waals surface area contributed by atoms with Crippen LogP contribution in [-0.2, 0) is 16.7 Å². The van der Waals surface area contributed by atoms with E-state index in [1.165, 1.54) is 5.56 Å². The van der Waals surface area contributed by atoms with Gasteiger partial charge in [0.05, 0.1) is 28.7 Å². The van der Waals surface area contributed by atoms with E-state index in [0.29, 0.717) is 35.9 Å². The second-order valence-electron chi connectivity index (χ2n) is 9.47. The van der Waals surface area contributed by atoms with Crippen molar-refractivity contribution in [3.8, 4) is 0 Å². The summed E-state index contributed by atoms with van der Waals surface area (Å²) >= 11 is 6.00. The average molecular weight is 481 g/mol. The third kappa shape index (κ3) is 3.15. The summed E-state index contributed by atoms with van der Waals surface area (Å²) in [5, 5.41) is 13.7. The van der Waals surface area contributed by atoms with Gasteiger partial charge in [-0.1, -0.05) is 23.7 Å². The predicted molar refractivity (Wildman–Crippen MR) is 118 cm³/mol. The van der Waals surface area contributed by atoms with Crippen LogP contribution in [0, 0.1) is 11.8 Å². The lowest BCUT2D eigenvalue weighted by Crippen LogP contribution is -2.48. The molecule has 2 aliphatic carbocycles. The Kier molecular flexibility index (Phi) is 4.59. The number of alkyl halides is 2. The van der Waals surface area contributed by atoms with Gasteiger partial charge >= 0.3 is 5.92 Å². The number of benzene rings is 1. The fourth-order valence-corrected chi connectivity index (χ4v) is 6.94. The summed E-state index contributed by atoms with van der Waals surface area (Å²) in [4.78, 5) is 10.7. The van der Waals surface area contributed by atoms with Gasteiger partial charge in [0, 0.05) is 18.1 Å². The molecule has 2 aliphatic heterocycles. The first kappa shape index (κ1) is 20.7. The fourth-order valence-electron chi connectivity index (χ4n) is 5.48. The Morgan fingerprint density at radius 1 is 1.19 bits per heavy atom. The van der Waals surface area contributed by atoms with Gasteiger partial charge in [0.1, 0.15) is 16.4 Å². The molecule has 0 bridgehead atoms. The molecule has 10 heteroatoms. The molecule has 4 aliphatic rings. The number of hydrogen-bond donors (Lipinski definition) is 2. The molecule has 1 aromatic carbocycles. The van der Waals surface area contributed by atoms with E-state index in [1.54, 1.807) is 0 Å². The summed E-state index contributed by atoms with van der Waals surface area (Å²) in [5.41, 5.74) is 0.220. The number of hydrogen-bond acceptors (Lipinski definition) is 6. The van der Waals surface area contributed by atoms with Gasteiger partial charge in [-0.25, -0.2) is 4.98 Å². The molecule has 1 aromatic heterocycles. The number of aliphatic hydroxyl groups excluding tert-OH is 1. The summed E-state index contributed by atoms with van der Waals surface area (Å²) < 4.78 is 41.8. The normalized spacial score (nSPS) is 31.1. The van der Waals surface area contributed by atoms with Crippen molar-refractivity contribution in [2.24, 2.45) is 11.8 Å². The molecule has 2 saturated carbocycles. The van der Waals surface area contributed by atoms with E-state index in [1.807, 2.05) is 29.2 Å². The van der Waals surface area contributed by atoms with Crippen LogP contribution in [0.1, 0.15) is 36.4 Å². The first-order valence-corrected chi connectivity index (χ1v) is 12.6. The number of aliphatic hydroxyl groups is 1. The van der Waals surface area contributed by atoms with Crippen LogP contribution in [-0.4, -0.2) is 50.3 Å². The third-order valence-corrected chi connectivity index (χ3v) is 9.19. The highest BCUT2D eigenvalue weighted by Gasteiger charge is 2.57. The molecule has 2 N–H and O–H groups in total. The highest BCUT2D eigenvalue weighted by Crippen LogP contribution is 2.58. The van der Waals surface area contributed by atoms with Gasteiger partial charge in [-0.3, -0.25) is 4.21 Å². The largest absolute Gasteiger partial charge is 0.394 e. The van der Waals surface area contributed by atoms with E-state index in [4.69, 9.17) is 11.6 Å². The number of nitrogens with zero attached hydrogens (tertiary/aromatic N) is 3. The van der Waals surface area contributed by atoms with Crippen LogP contribution in [0.5, 0.6) is 0 Å². The quantitative estimate of drug-likeness (QED) is 0.681. The molecule has 0 spiro atoms. The van der Waals surface area contributed by atoms with Gasteiger partial charge in [0.15, 0.2) is 0 Å². The van der Waals surface area contributed by atoms with Crippen LogP contribution < -0.4 is 10.2 Å². The van der Waals surface area contributed by atoms with Crippen LogP contribution in [0.15, 0.2) is 29.2 Å². The molecule has 0 amide bonds. The topological polar surface area (TPSA) is 78.4 Å². The number of aromatic nitrogens is 2. The van der Waals surface area contributed by atoms with Gasteiger partial charge < -0.3 is 15.3 Å². The van der Waals surface area contributed by atoms with Crippen molar-refractivity contribution in [2.45, 2.75) is 41.5 Å². The monoisotopic (exact) mass is 480 g/mol. The van der Waals surface area contributed by atoms with Gasteiger partial charge in [-0.15, -0.1) is 0 Å². The zero-order valence-corrected chi connectivity index (χ0v) is 18.8. The second-order valence-corrected chi connectivity index (χ2v) is 11.3. The van der Waals surface area contributed by atoms with Crippen LogP contribution in [0.25, 0.3) is 0 Å². The third-order valence-electron chi connectivity index (χ3n) is 7.47. The molecule has 3 atom stereocenters. The van der Waals surface area contributed by atoms with E-state index in [0.717, 1.165) is 19.3 Å². The first-order chi connectivity index (χ1) is 15.3. The lowest BCUT2D eigenvalue weighted by Gasteiger charge is -2.41. The molecule has 3 fully saturated rings. The summed E-state index contributed by atoms with van der Waals surface area (Å²) in [6.45, 7) is 1.26. The Morgan fingerprint density at radius 2 is 1.88 bits per heavy atom. The molecular formula is C22H23ClF2N4O2S. The number of anilines is 2. The maximum absolute atomic E-state index is 14.7. The Bertz CT molecular complexity index is 1090. The molecule has 170 valence electrons. The minimum atomic E-state index is -3.26. The van der Waals surface area contributed by atoms with Crippen molar-refractivity contribution in [1.82, 2.24) is 9.97 Å². The molecule has 3 heterocycles. The van der Waals surface area contributed by atoms with Crippen molar-refractivity contribution in [1.29, 1.82) is 0 Å². The summed E-state index contributed by atoms with van der Waals surface area (Å²) in [7, 11) is -1.88. The molecule has 1 saturated heterocycles. The van der Waals surface area contributed by atoms with Gasteiger partial charge in [0.25, 0.3) is 0 Å². The summed E-state index contributed by atoms with van der Waals surface area (Å²) in [6, 6.07) is 7.88. The minimum absolute atomic E-state index is 0.0122. The van der Waals surface area contributed by atoms with Crippen LogP contribution in [0.3, 0.4) is 0 Å². The second kappa shape index (κ2) is 7.08. The van der Waals surface area contributed by atoms with E-state index in [2.05, 4.69) is 15.3 Å². The van der Waals surface area contributed by atoms with Crippen molar-refractivity contribution in [2.75, 3.05) is 35.7 Å². The predicted octanol–water partition coefficient (Wildman–Crippen LogP) is 3.52. The smallest absolute Gasteiger partial charge is 0.302 e. The summed E-state index contributed by atoms with van der Waals surface area (Å²) in [5.74, 6) is -2.30. The maximum Gasteiger partial charge on any atom is 0.302 e. The lowest BCUT2D eigenvalue weighted by molar-refractivity contribution is 0.0191. The Labute approximate surface area is 191 Å². The molecule has 0 radical (unpaired) electrons. The van der Waals surface area contributed by atoms with E-state index in [9.17, 15) is 18.1 Å². The number of halogens is 3. The lowest BCUT2D eigenvalue weighted by atomic mass is 9.77. The van der Waals surface area contributed by atoms with Crippen molar-refractivity contribution >= 4 is 34.2 Å². The van der Waals surface area contributed by atoms with E-state index >= 15 is 0 Å². The number of rotatable bonds is 5. The first-order valence-electron chi connectivity index (χ1n) is 10.9. The van der Waals surface area contributed by atoms with E-state index in [-0.39, 0.29) is 23.3 Å². The number of piperidine rings is 1. The molecule has 2 unspecified atom stereocenters. The van der Waals surface area contributed by atoms with Crippen LogP contribution >= 0.6 is 11.6 Å². The van der Waals surface area contributed by atoms with Gasteiger partial charge in [0.2, 0.25) is 5.95 Å². The van der Waals surface area contributed by atoms with Gasteiger partial charge in [-0.05, 0) is 54.7 Å². The fraction of sp³-hybridized carbons (Fsp3) is 0.545. The average Bonchev–Trinajstić information content (AvgIpc) is 3.10. The zero-order valence-electron chi connectivity index (χ0n) is 17.2. The van der Waals surface area contributed by atoms with Crippen LogP contribution in [0.2, 0.25) is 5.02 Å². The Hall–Kier alpha value is -1.84. The summed E-state index contributed by atoms with van der Waals surface area (Å²) in [6.07, 6.45) is 2.38.